The summed E-state index contributed by atoms with van der Waals surface area (Å²) in [6, 6.07) is 0. The molecule has 1 unspecified atom stereocenters. The number of likely N-dealkylation sites (N-methyl/N-ethyl adjacent to an activating group) is 1. The van der Waals surface area contributed by atoms with Crippen LogP contribution in [0.2, 0.25) is 0 Å². The number of halogens is 3. The van der Waals surface area contributed by atoms with Crippen LogP contribution in [0.4, 0.5) is 13.2 Å². The van der Waals surface area contributed by atoms with Gasteiger partial charge >= 0.3 is 6.18 Å². The zero-order valence-electron chi connectivity index (χ0n) is 12.2. The molecule has 0 bridgehead atoms. The van der Waals surface area contributed by atoms with Crippen LogP contribution in [0, 0.1) is 0 Å². The van der Waals surface area contributed by atoms with Crippen molar-refractivity contribution in [3.8, 4) is 0 Å². The number of aliphatic hydroxyl groups excluding tert-OH is 1. The first-order valence-electron chi connectivity index (χ1n) is 6.91. The van der Waals surface area contributed by atoms with E-state index in [2.05, 4.69) is 5.32 Å². The molecule has 0 amide bonds. The molecule has 0 rings (SSSR count). The van der Waals surface area contributed by atoms with Crippen molar-refractivity contribution in [1.82, 2.24) is 10.2 Å². The summed E-state index contributed by atoms with van der Waals surface area (Å²) in [4.78, 5) is 1.43. The first kappa shape index (κ1) is 18.7. The smallest absolute Gasteiger partial charge is 0.394 e. The van der Waals surface area contributed by atoms with Crippen LogP contribution in [0.25, 0.3) is 0 Å². The molecule has 0 heterocycles. The van der Waals surface area contributed by atoms with Gasteiger partial charge in [-0.25, -0.2) is 0 Å². The van der Waals surface area contributed by atoms with E-state index in [1.807, 2.05) is 20.8 Å². The van der Waals surface area contributed by atoms with Gasteiger partial charge in [0.2, 0.25) is 0 Å². The van der Waals surface area contributed by atoms with Gasteiger partial charge in [0.25, 0.3) is 0 Å². The molecule has 2 N–H and O–H groups in total. The Bertz CT molecular complexity index is 236. The van der Waals surface area contributed by atoms with E-state index in [0.717, 1.165) is 6.54 Å². The van der Waals surface area contributed by atoms with Crippen molar-refractivity contribution >= 4 is 0 Å². The Morgan fingerprint density at radius 1 is 1.16 bits per heavy atom. The van der Waals surface area contributed by atoms with Gasteiger partial charge in [-0.1, -0.05) is 13.8 Å². The second kappa shape index (κ2) is 8.76. The van der Waals surface area contributed by atoms with Crippen molar-refractivity contribution < 1.29 is 18.3 Å². The number of hydrogen-bond donors (Lipinski definition) is 2. The summed E-state index contributed by atoms with van der Waals surface area (Å²) >= 11 is 0. The number of hydrogen-bond acceptors (Lipinski definition) is 3. The van der Waals surface area contributed by atoms with Gasteiger partial charge in [-0.05, 0) is 45.8 Å². The number of alkyl halides is 3. The molecule has 0 aromatic carbocycles. The second-order valence-electron chi connectivity index (χ2n) is 5.24. The Morgan fingerprint density at radius 3 is 2.21 bits per heavy atom. The molecule has 1 atom stereocenters. The first-order valence-corrected chi connectivity index (χ1v) is 6.91. The fourth-order valence-corrected chi connectivity index (χ4v) is 2.18. The quantitative estimate of drug-likeness (QED) is 0.646. The molecule has 0 aliphatic heterocycles. The first-order chi connectivity index (χ1) is 8.76. The fraction of sp³-hybridized carbons (Fsp3) is 1.00. The zero-order valence-corrected chi connectivity index (χ0v) is 12.2. The van der Waals surface area contributed by atoms with E-state index < -0.39 is 18.3 Å². The highest BCUT2D eigenvalue weighted by molar-refractivity contribution is 4.82. The topological polar surface area (TPSA) is 35.5 Å². The molecule has 0 aromatic heterocycles. The van der Waals surface area contributed by atoms with Crippen LogP contribution in [-0.4, -0.2) is 54.5 Å². The summed E-state index contributed by atoms with van der Waals surface area (Å²) in [6.45, 7) is 6.46. The molecule has 0 saturated carbocycles. The van der Waals surface area contributed by atoms with E-state index >= 15 is 0 Å². The van der Waals surface area contributed by atoms with Crippen molar-refractivity contribution in [2.24, 2.45) is 0 Å². The van der Waals surface area contributed by atoms with Crippen LogP contribution in [0.3, 0.4) is 0 Å². The molecule has 0 saturated heterocycles. The van der Waals surface area contributed by atoms with Crippen LogP contribution < -0.4 is 5.32 Å². The standard InChI is InChI=1S/C13H27F3N2O/c1-4-8-18(10-13(14,15)16)9-6-7-12(3,11-19)17-5-2/h17,19H,4-11H2,1-3H3. The van der Waals surface area contributed by atoms with Gasteiger partial charge in [0, 0.05) is 5.54 Å². The SMILES string of the molecule is CCCN(CCCC(C)(CO)NCC)CC(F)(F)F. The maximum atomic E-state index is 12.4. The van der Waals surface area contributed by atoms with Crippen molar-refractivity contribution in [3.05, 3.63) is 0 Å². The predicted octanol–water partition coefficient (Wildman–Crippen LogP) is 2.40. The van der Waals surface area contributed by atoms with Crippen LogP contribution in [0.1, 0.15) is 40.0 Å². The number of rotatable bonds is 10. The third-order valence-electron chi connectivity index (χ3n) is 3.10. The average molecular weight is 284 g/mol. The molecule has 0 spiro atoms. The Morgan fingerprint density at radius 2 is 1.79 bits per heavy atom. The van der Waals surface area contributed by atoms with Crippen molar-refractivity contribution in [2.75, 3.05) is 32.8 Å². The van der Waals surface area contributed by atoms with Gasteiger partial charge in [0.05, 0.1) is 13.2 Å². The van der Waals surface area contributed by atoms with Crippen LogP contribution >= 0.6 is 0 Å². The van der Waals surface area contributed by atoms with E-state index in [1.165, 1.54) is 4.90 Å². The number of nitrogens with zero attached hydrogens (tertiary/aromatic N) is 1. The predicted molar refractivity (Wildman–Crippen MR) is 71.2 cm³/mol. The third kappa shape index (κ3) is 9.24. The highest BCUT2D eigenvalue weighted by Crippen LogP contribution is 2.18. The molecular formula is C13H27F3N2O. The molecule has 116 valence electrons. The van der Waals surface area contributed by atoms with Gasteiger partial charge in [0.1, 0.15) is 0 Å². The second-order valence-corrected chi connectivity index (χ2v) is 5.24. The van der Waals surface area contributed by atoms with Crippen molar-refractivity contribution in [2.45, 2.75) is 51.7 Å². The maximum absolute atomic E-state index is 12.4. The van der Waals surface area contributed by atoms with Crippen molar-refractivity contribution in [3.63, 3.8) is 0 Å². The molecule has 3 nitrogen and oxygen atoms in total. The summed E-state index contributed by atoms with van der Waals surface area (Å²) in [6.07, 6.45) is -2.13. The van der Waals surface area contributed by atoms with E-state index in [-0.39, 0.29) is 6.61 Å². The summed E-state index contributed by atoms with van der Waals surface area (Å²) < 4.78 is 37.1. The van der Waals surface area contributed by atoms with Gasteiger partial charge in [0.15, 0.2) is 0 Å². The lowest BCUT2D eigenvalue weighted by Gasteiger charge is -2.30. The molecule has 0 radical (unpaired) electrons. The molecule has 6 heteroatoms. The summed E-state index contributed by atoms with van der Waals surface area (Å²) in [5, 5.41) is 12.5. The minimum Gasteiger partial charge on any atom is -0.394 e. The molecule has 19 heavy (non-hydrogen) atoms. The van der Waals surface area contributed by atoms with Gasteiger partial charge in [-0.15, -0.1) is 0 Å². The minimum atomic E-state index is -4.14. The Labute approximate surface area is 114 Å². The third-order valence-corrected chi connectivity index (χ3v) is 3.10. The largest absolute Gasteiger partial charge is 0.401 e. The molecule has 0 aliphatic rings. The normalized spacial score (nSPS) is 15.8. The van der Waals surface area contributed by atoms with Crippen LogP contribution in [0.5, 0.6) is 0 Å². The lowest BCUT2D eigenvalue weighted by Crippen LogP contribution is -2.46. The van der Waals surface area contributed by atoms with Crippen LogP contribution in [0.15, 0.2) is 0 Å². The van der Waals surface area contributed by atoms with Crippen molar-refractivity contribution in [1.29, 1.82) is 0 Å². The van der Waals surface area contributed by atoms with Gasteiger partial charge in [-0.3, -0.25) is 4.90 Å². The van der Waals surface area contributed by atoms with Gasteiger partial charge in [-0.2, -0.15) is 13.2 Å². The summed E-state index contributed by atoms with van der Waals surface area (Å²) in [5.41, 5.74) is -0.398. The average Bonchev–Trinajstić information content (AvgIpc) is 2.27. The molecule has 0 fully saturated rings. The molecule has 0 aromatic rings. The lowest BCUT2D eigenvalue weighted by atomic mass is 9.96. The Balaban J connectivity index is 4.17. The zero-order chi connectivity index (χ0) is 14.9. The highest BCUT2D eigenvalue weighted by Gasteiger charge is 2.30. The van der Waals surface area contributed by atoms with E-state index in [1.54, 1.807) is 0 Å². The lowest BCUT2D eigenvalue weighted by molar-refractivity contribution is -0.146. The number of aliphatic hydroxyl groups is 1. The van der Waals surface area contributed by atoms with Gasteiger partial charge < -0.3 is 10.4 Å². The van der Waals surface area contributed by atoms with E-state index in [4.69, 9.17) is 0 Å². The number of nitrogens with one attached hydrogen (secondary N) is 1. The summed E-state index contributed by atoms with van der Waals surface area (Å²) in [5.74, 6) is 0. The molecule has 0 aliphatic carbocycles. The minimum absolute atomic E-state index is 0.00606. The molecular weight excluding hydrogens is 257 g/mol. The monoisotopic (exact) mass is 284 g/mol. The highest BCUT2D eigenvalue weighted by atomic mass is 19.4. The maximum Gasteiger partial charge on any atom is 0.401 e. The fourth-order valence-electron chi connectivity index (χ4n) is 2.18. The Hall–Kier alpha value is -0.330. The van der Waals surface area contributed by atoms with E-state index in [0.29, 0.717) is 32.4 Å². The van der Waals surface area contributed by atoms with Crippen LogP contribution in [-0.2, 0) is 0 Å². The Kier molecular flexibility index (Phi) is 8.61. The van der Waals surface area contributed by atoms with E-state index in [9.17, 15) is 18.3 Å². The summed E-state index contributed by atoms with van der Waals surface area (Å²) in [7, 11) is 0.